The molecule has 0 aliphatic rings. The summed E-state index contributed by atoms with van der Waals surface area (Å²) < 4.78 is 59.1. The van der Waals surface area contributed by atoms with E-state index in [2.05, 4.69) is 44.2 Å². The maximum absolute atomic E-state index is 13.9. The predicted molar refractivity (Wildman–Crippen MR) is 110 cm³/mol. The minimum atomic E-state index is -1.31. The van der Waals surface area contributed by atoms with Crippen LogP contribution in [-0.2, 0) is 11.2 Å². The van der Waals surface area contributed by atoms with E-state index in [1.807, 2.05) is 0 Å². The second-order valence-corrected chi connectivity index (χ2v) is 5.62. The van der Waals surface area contributed by atoms with Crippen LogP contribution in [0.4, 0.5) is 17.6 Å². The summed E-state index contributed by atoms with van der Waals surface area (Å²) in [5, 5.41) is 9.10. The van der Waals surface area contributed by atoms with Gasteiger partial charge >= 0.3 is 0 Å². The standard InChI is InChI=1S/C21H20F4O2.C2H4/c1-12(7-9-16-10-11-17(26)21(25)20(16)24)6-8-13(2)14(3)18(22)19(23)15(4)27-5;1-2/h6,8,10-11,26H,1-4,7,9H2,5H3;1-2H2/b8-6-,19-18-;. The van der Waals surface area contributed by atoms with Crippen molar-refractivity contribution in [2.45, 2.75) is 12.8 Å². The van der Waals surface area contributed by atoms with Crippen LogP contribution in [0.5, 0.6) is 5.75 Å². The van der Waals surface area contributed by atoms with Gasteiger partial charge in [-0.2, -0.15) is 8.78 Å². The first-order chi connectivity index (χ1) is 13.6. The summed E-state index contributed by atoms with van der Waals surface area (Å²) >= 11 is 0. The molecule has 0 aliphatic heterocycles. The first-order valence-corrected chi connectivity index (χ1v) is 8.28. The predicted octanol–water partition coefficient (Wildman–Crippen LogP) is 6.94. The van der Waals surface area contributed by atoms with Crippen LogP contribution in [-0.4, -0.2) is 12.2 Å². The number of ether oxygens (including phenoxy) is 1. The van der Waals surface area contributed by atoms with E-state index in [1.54, 1.807) is 0 Å². The first-order valence-electron chi connectivity index (χ1n) is 8.28. The van der Waals surface area contributed by atoms with Gasteiger partial charge in [-0.3, -0.25) is 0 Å². The number of hydrogen-bond acceptors (Lipinski definition) is 2. The lowest BCUT2D eigenvalue weighted by molar-refractivity contribution is 0.281. The Labute approximate surface area is 168 Å². The average molecular weight is 408 g/mol. The highest BCUT2D eigenvalue weighted by atomic mass is 19.2. The van der Waals surface area contributed by atoms with Crippen molar-refractivity contribution in [3.63, 3.8) is 0 Å². The van der Waals surface area contributed by atoms with E-state index >= 15 is 0 Å². The number of aryl methyl sites for hydroxylation is 1. The van der Waals surface area contributed by atoms with Gasteiger partial charge < -0.3 is 9.84 Å². The van der Waals surface area contributed by atoms with Gasteiger partial charge in [0.15, 0.2) is 17.4 Å². The van der Waals surface area contributed by atoms with Gasteiger partial charge in [0.05, 0.1) is 7.11 Å². The van der Waals surface area contributed by atoms with E-state index in [4.69, 9.17) is 5.11 Å². The fourth-order valence-electron chi connectivity index (χ4n) is 1.96. The minimum absolute atomic E-state index is 0.0808. The summed E-state index contributed by atoms with van der Waals surface area (Å²) in [7, 11) is 1.15. The van der Waals surface area contributed by atoms with Crippen molar-refractivity contribution in [2.75, 3.05) is 7.11 Å². The number of halogens is 4. The van der Waals surface area contributed by atoms with E-state index in [0.717, 1.165) is 13.2 Å². The quantitative estimate of drug-likeness (QED) is 0.208. The number of rotatable bonds is 9. The molecule has 0 saturated carbocycles. The van der Waals surface area contributed by atoms with Gasteiger partial charge in [0.25, 0.3) is 0 Å². The fourth-order valence-corrected chi connectivity index (χ4v) is 1.96. The SMILES string of the molecule is C=C.C=C(/C=C\C(=C)C(=C)/C(F)=C(/F)C(=C)OC)CCc1ccc(O)c(F)c1F. The van der Waals surface area contributed by atoms with Crippen molar-refractivity contribution in [2.24, 2.45) is 0 Å². The van der Waals surface area contributed by atoms with Crippen LogP contribution in [0.2, 0.25) is 0 Å². The third-order valence-electron chi connectivity index (χ3n) is 3.71. The molecule has 0 atom stereocenters. The highest BCUT2D eigenvalue weighted by Crippen LogP contribution is 2.27. The van der Waals surface area contributed by atoms with Crippen LogP contribution < -0.4 is 0 Å². The molecule has 0 radical (unpaired) electrons. The topological polar surface area (TPSA) is 29.5 Å². The van der Waals surface area contributed by atoms with Crippen LogP contribution in [0.3, 0.4) is 0 Å². The molecule has 0 aromatic heterocycles. The third kappa shape index (κ3) is 7.33. The lowest BCUT2D eigenvalue weighted by Gasteiger charge is -2.07. The number of aromatic hydroxyl groups is 1. The highest BCUT2D eigenvalue weighted by Gasteiger charge is 2.15. The number of phenols is 1. The molecule has 0 fully saturated rings. The van der Waals surface area contributed by atoms with E-state index in [-0.39, 0.29) is 29.6 Å². The first kappa shape index (κ1) is 25.7. The zero-order valence-corrected chi connectivity index (χ0v) is 16.3. The van der Waals surface area contributed by atoms with Crippen molar-refractivity contribution in [1.82, 2.24) is 0 Å². The normalized spacial score (nSPS) is 11.2. The molecule has 0 bridgehead atoms. The minimum Gasteiger partial charge on any atom is -0.505 e. The largest absolute Gasteiger partial charge is 0.505 e. The van der Waals surface area contributed by atoms with Crippen LogP contribution in [0.15, 0.2) is 97.9 Å². The Hall–Kier alpha value is -3.28. The Morgan fingerprint density at radius 2 is 1.59 bits per heavy atom. The van der Waals surface area contributed by atoms with Crippen molar-refractivity contribution in [3.05, 3.63) is 115 Å². The Morgan fingerprint density at radius 1 is 1.00 bits per heavy atom. The van der Waals surface area contributed by atoms with Gasteiger partial charge in [0, 0.05) is 5.57 Å². The monoisotopic (exact) mass is 408 g/mol. The Bertz CT molecular complexity index is 864. The molecule has 0 heterocycles. The van der Waals surface area contributed by atoms with Crippen molar-refractivity contribution >= 4 is 0 Å². The number of methoxy groups -OCH3 is 1. The Kier molecular flexibility index (Phi) is 10.8. The van der Waals surface area contributed by atoms with Gasteiger partial charge in [-0.25, -0.2) is 8.78 Å². The molecule has 1 aromatic carbocycles. The molecule has 0 amide bonds. The smallest absolute Gasteiger partial charge is 0.200 e. The summed E-state index contributed by atoms with van der Waals surface area (Å²) in [4.78, 5) is 0. The lowest BCUT2D eigenvalue weighted by Crippen LogP contribution is -1.96. The second kappa shape index (κ2) is 12.2. The summed E-state index contributed by atoms with van der Waals surface area (Å²) in [6, 6.07) is 2.34. The molecule has 0 aliphatic carbocycles. The molecular formula is C23H24F4O2. The van der Waals surface area contributed by atoms with Crippen molar-refractivity contribution in [1.29, 1.82) is 0 Å². The zero-order valence-electron chi connectivity index (χ0n) is 16.3. The second-order valence-electron chi connectivity index (χ2n) is 5.62. The van der Waals surface area contributed by atoms with Crippen LogP contribution >= 0.6 is 0 Å². The molecule has 2 nitrogen and oxygen atoms in total. The van der Waals surface area contributed by atoms with Crippen LogP contribution in [0, 0.1) is 11.6 Å². The molecule has 1 aromatic rings. The molecule has 0 unspecified atom stereocenters. The lowest BCUT2D eigenvalue weighted by atomic mass is 10.0. The van der Waals surface area contributed by atoms with Gasteiger partial charge in [-0.1, -0.05) is 50.1 Å². The van der Waals surface area contributed by atoms with Crippen molar-refractivity contribution < 1.29 is 27.4 Å². The number of benzene rings is 1. The molecular weight excluding hydrogens is 384 g/mol. The van der Waals surface area contributed by atoms with Gasteiger partial charge in [0.1, 0.15) is 5.76 Å². The fraction of sp³-hybridized carbons (Fsp3) is 0.130. The van der Waals surface area contributed by atoms with Gasteiger partial charge in [0.2, 0.25) is 11.6 Å². The van der Waals surface area contributed by atoms with E-state index in [9.17, 15) is 17.6 Å². The molecule has 1 rings (SSSR count). The van der Waals surface area contributed by atoms with E-state index < -0.39 is 34.8 Å². The van der Waals surface area contributed by atoms with Gasteiger partial charge in [-0.15, -0.1) is 13.2 Å². The summed E-state index contributed by atoms with van der Waals surface area (Å²) in [6.45, 7) is 20.0. The molecule has 0 saturated heterocycles. The summed E-state index contributed by atoms with van der Waals surface area (Å²) in [5.41, 5.74) is 0.399. The number of hydrogen-bond donors (Lipinski definition) is 1. The molecule has 29 heavy (non-hydrogen) atoms. The average Bonchev–Trinajstić information content (AvgIpc) is 2.74. The van der Waals surface area contributed by atoms with Crippen LogP contribution in [0.1, 0.15) is 12.0 Å². The highest BCUT2D eigenvalue weighted by molar-refractivity contribution is 5.49. The Balaban J connectivity index is 0.00000379. The molecule has 1 N–H and O–H groups in total. The molecule has 6 heteroatoms. The zero-order chi connectivity index (χ0) is 22.7. The molecule has 156 valence electrons. The number of phenolic OH excluding ortho intramolecular Hbond substituents is 1. The van der Waals surface area contributed by atoms with Gasteiger partial charge in [-0.05, 0) is 30.0 Å². The summed E-state index contributed by atoms with van der Waals surface area (Å²) in [5.74, 6) is -6.18. The third-order valence-corrected chi connectivity index (χ3v) is 3.71. The van der Waals surface area contributed by atoms with E-state index in [1.165, 1.54) is 18.2 Å². The van der Waals surface area contributed by atoms with E-state index in [0.29, 0.717) is 5.57 Å². The van der Waals surface area contributed by atoms with Crippen LogP contribution in [0.25, 0.3) is 0 Å². The van der Waals surface area contributed by atoms with Crippen molar-refractivity contribution in [3.8, 4) is 5.75 Å². The summed E-state index contributed by atoms with van der Waals surface area (Å²) in [6.07, 6.45) is 3.26. The maximum atomic E-state index is 13.9. The number of allylic oxidation sites excluding steroid dienone is 7. The molecule has 0 spiro atoms. The Morgan fingerprint density at radius 3 is 2.14 bits per heavy atom. The maximum Gasteiger partial charge on any atom is 0.200 e.